The van der Waals surface area contributed by atoms with Crippen LogP contribution in [0.25, 0.3) is 0 Å². The highest BCUT2D eigenvalue weighted by Crippen LogP contribution is 2.15. The maximum absolute atomic E-state index is 12.2. The van der Waals surface area contributed by atoms with Gasteiger partial charge in [-0.05, 0) is 42.2 Å². The number of carbonyl (C=O) groups excluding carboxylic acids is 1. The number of nitrogens with zero attached hydrogens (tertiary/aromatic N) is 1. The second-order valence-electron chi connectivity index (χ2n) is 5.89. The molecule has 0 saturated carbocycles. The van der Waals surface area contributed by atoms with Crippen molar-refractivity contribution in [2.75, 3.05) is 5.32 Å². The predicted octanol–water partition coefficient (Wildman–Crippen LogP) is 4.82. The Hall–Kier alpha value is -2.77. The Balaban J connectivity index is 1.93. The average Bonchev–Trinajstić information content (AvgIpc) is 2.67. The van der Waals surface area contributed by atoms with E-state index in [1.807, 2.05) is 36.4 Å². The molecule has 134 valence electrons. The van der Waals surface area contributed by atoms with Gasteiger partial charge in [-0.3, -0.25) is 4.79 Å². The topological polar surface area (TPSA) is 64.9 Å². The van der Waals surface area contributed by atoms with Gasteiger partial charge in [-0.25, -0.2) is 0 Å². The maximum Gasteiger partial charge on any atom is 0.263 e. The number of hydrogen-bond donors (Lipinski definition) is 2. The Bertz CT molecular complexity index is 807. The number of unbranched alkanes of at least 4 members (excludes halogenated alkanes) is 1. The summed E-state index contributed by atoms with van der Waals surface area (Å²) in [4.78, 5) is 12.2. The number of amides is 1. The first-order valence-electron chi connectivity index (χ1n) is 8.61. The highest BCUT2D eigenvalue weighted by atomic mass is 35.5. The van der Waals surface area contributed by atoms with Crippen LogP contribution in [0.5, 0.6) is 0 Å². The molecule has 5 heteroatoms. The van der Waals surface area contributed by atoms with Crippen molar-refractivity contribution in [1.82, 2.24) is 5.32 Å². The van der Waals surface area contributed by atoms with Crippen LogP contribution in [0.1, 0.15) is 30.9 Å². The van der Waals surface area contributed by atoms with E-state index in [1.54, 1.807) is 6.07 Å². The van der Waals surface area contributed by atoms with Gasteiger partial charge < -0.3 is 10.6 Å². The van der Waals surface area contributed by atoms with Crippen LogP contribution in [0, 0.1) is 11.3 Å². The van der Waals surface area contributed by atoms with Crippen LogP contribution in [-0.4, -0.2) is 5.91 Å². The number of nitrogens with one attached hydrogen (secondary N) is 2. The summed E-state index contributed by atoms with van der Waals surface area (Å²) in [6.07, 6.45) is 4.80. The minimum absolute atomic E-state index is 0.00659. The van der Waals surface area contributed by atoms with Crippen LogP contribution in [0.15, 0.2) is 60.3 Å². The van der Waals surface area contributed by atoms with E-state index in [4.69, 9.17) is 11.6 Å². The first-order valence-corrected chi connectivity index (χ1v) is 8.99. The Kier molecular flexibility index (Phi) is 7.73. The number of rotatable bonds is 8. The summed E-state index contributed by atoms with van der Waals surface area (Å²) in [7, 11) is 0. The van der Waals surface area contributed by atoms with Gasteiger partial charge in [-0.1, -0.05) is 55.3 Å². The summed E-state index contributed by atoms with van der Waals surface area (Å²) in [5, 5.41) is 15.5. The van der Waals surface area contributed by atoms with Gasteiger partial charge in [0.05, 0.1) is 0 Å². The summed E-state index contributed by atoms with van der Waals surface area (Å²) in [5.41, 5.74) is 2.92. The van der Waals surface area contributed by atoms with Crippen molar-refractivity contribution in [3.8, 4) is 6.07 Å². The standard InChI is InChI=1S/C21H22ClN3O/c1-2-3-6-16-9-11-19(12-10-16)24-15-18(13-23)21(26)25-14-17-7-4-5-8-20(17)22/h4-5,7-12,15,24H,2-3,6,14H2,1H3,(H,25,26)/b18-15-. The van der Waals surface area contributed by atoms with E-state index in [0.29, 0.717) is 5.02 Å². The summed E-state index contributed by atoms with van der Waals surface area (Å²) >= 11 is 6.06. The van der Waals surface area contributed by atoms with Crippen LogP contribution < -0.4 is 10.6 Å². The quantitative estimate of drug-likeness (QED) is 0.519. The average molecular weight is 368 g/mol. The highest BCUT2D eigenvalue weighted by molar-refractivity contribution is 6.31. The number of hydrogen-bond acceptors (Lipinski definition) is 3. The van der Waals surface area contributed by atoms with E-state index < -0.39 is 5.91 Å². The van der Waals surface area contributed by atoms with E-state index >= 15 is 0 Å². The van der Waals surface area contributed by atoms with Gasteiger partial charge in [-0.15, -0.1) is 0 Å². The number of halogens is 1. The monoisotopic (exact) mass is 367 g/mol. The van der Waals surface area contributed by atoms with Crippen molar-refractivity contribution in [2.24, 2.45) is 0 Å². The summed E-state index contributed by atoms with van der Waals surface area (Å²) in [6.45, 7) is 2.44. The third-order valence-electron chi connectivity index (χ3n) is 3.92. The Morgan fingerprint density at radius 3 is 2.58 bits per heavy atom. The van der Waals surface area contributed by atoms with Crippen molar-refractivity contribution in [3.63, 3.8) is 0 Å². The van der Waals surface area contributed by atoms with Crippen LogP contribution in [0.3, 0.4) is 0 Å². The number of anilines is 1. The van der Waals surface area contributed by atoms with Crippen molar-refractivity contribution >= 4 is 23.2 Å². The molecule has 2 rings (SSSR count). The summed E-state index contributed by atoms with van der Waals surface area (Å²) in [6, 6.07) is 17.2. The number of carbonyl (C=O) groups is 1. The van der Waals surface area contributed by atoms with Crippen molar-refractivity contribution in [2.45, 2.75) is 32.7 Å². The van der Waals surface area contributed by atoms with E-state index in [0.717, 1.165) is 30.5 Å². The van der Waals surface area contributed by atoms with Crippen LogP contribution in [-0.2, 0) is 17.8 Å². The zero-order chi connectivity index (χ0) is 18.8. The molecule has 0 radical (unpaired) electrons. The zero-order valence-corrected chi connectivity index (χ0v) is 15.5. The molecule has 0 saturated heterocycles. The van der Waals surface area contributed by atoms with E-state index in [2.05, 4.69) is 29.7 Å². The SMILES string of the molecule is CCCCc1ccc(N/C=C(/C#N)C(=O)NCc2ccccc2Cl)cc1. The minimum atomic E-state index is -0.445. The van der Waals surface area contributed by atoms with Crippen LogP contribution >= 0.6 is 11.6 Å². The molecule has 4 nitrogen and oxygen atoms in total. The second-order valence-corrected chi connectivity index (χ2v) is 6.30. The molecule has 2 aromatic rings. The first kappa shape index (κ1) is 19.6. The molecule has 1 amide bonds. The zero-order valence-electron chi connectivity index (χ0n) is 14.8. The molecular formula is C21H22ClN3O. The lowest BCUT2D eigenvalue weighted by molar-refractivity contribution is -0.117. The fourth-order valence-corrected chi connectivity index (χ4v) is 2.57. The molecular weight excluding hydrogens is 346 g/mol. The largest absolute Gasteiger partial charge is 0.360 e. The third-order valence-corrected chi connectivity index (χ3v) is 4.29. The van der Waals surface area contributed by atoms with Crippen molar-refractivity contribution < 1.29 is 4.79 Å². The van der Waals surface area contributed by atoms with Crippen LogP contribution in [0.2, 0.25) is 5.02 Å². The van der Waals surface area contributed by atoms with Gasteiger partial charge in [0.1, 0.15) is 11.6 Å². The fraction of sp³-hybridized carbons (Fsp3) is 0.238. The second kappa shape index (κ2) is 10.3. The van der Waals surface area contributed by atoms with E-state index in [-0.39, 0.29) is 12.1 Å². The molecule has 0 bridgehead atoms. The molecule has 26 heavy (non-hydrogen) atoms. The Morgan fingerprint density at radius 2 is 1.92 bits per heavy atom. The van der Waals surface area contributed by atoms with Gasteiger partial charge in [0.25, 0.3) is 5.91 Å². The molecule has 0 atom stereocenters. The van der Waals surface area contributed by atoms with Crippen molar-refractivity contribution in [3.05, 3.63) is 76.5 Å². The summed E-state index contributed by atoms with van der Waals surface area (Å²) < 4.78 is 0. The predicted molar refractivity (Wildman–Crippen MR) is 106 cm³/mol. The van der Waals surface area contributed by atoms with E-state index in [9.17, 15) is 10.1 Å². The lowest BCUT2D eigenvalue weighted by Crippen LogP contribution is -2.24. The molecule has 0 aliphatic rings. The Labute approximate surface area is 159 Å². The van der Waals surface area contributed by atoms with Gasteiger partial charge in [0.2, 0.25) is 0 Å². The highest BCUT2D eigenvalue weighted by Gasteiger charge is 2.09. The maximum atomic E-state index is 12.2. The molecule has 0 heterocycles. The van der Waals surface area contributed by atoms with E-state index in [1.165, 1.54) is 11.8 Å². The smallest absolute Gasteiger partial charge is 0.263 e. The summed E-state index contributed by atoms with van der Waals surface area (Å²) in [5.74, 6) is -0.445. The number of nitriles is 1. The normalized spacial score (nSPS) is 10.9. The molecule has 0 unspecified atom stereocenters. The first-order chi connectivity index (χ1) is 12.6. The Morgan fingerprint density at radius 1 is 1.19 bits per heavy atom. The van der Waals surface area contributed by atoms with Gasteiger partial charge in [-0.2, -0.15) is 5.26 Å². The lowest BCUT2D eigenvalue weighted by atomic mass is 10.1. The molecule has 0 aliphatic heterocycles. The molecule has 0 aromatic heterocycles. The fourth-order valence-electron chi connectivity index (χ4n) is 2.37. The van der Waals surface area contributed by atoms with Gasteiger partial charge in [0.15, 0.2) is 0 Å². The third kappa shape index (κ3) is 5.94. The van der Waals surface area contributed by atoms with Gasteiger partial charge in [0, 0.05) is 23.5 Å². The van der Waals surface area contributed by atoms with Crippen LogP contribution in [0.4, 0.5) is 5.69 Å². The minimum Gasteiger partial charge on any atom is -0.360 e. The molecule has 2 aromatic carbocycles. The molecule has 0 spiro atoms. The van der Waals surface area contributed by atoms with Gasteiger partial charge >= 0.3 is 0 Å². The molecule has 2 N–H and O–H groups in total. The lowest BCUT2D eigenvalue weighted by Gasteiger charge is -2.07. The molecule has 0 fully saturated rings. The van der Waals surface area contributed by atoms with Crippen molar-refractivity contribution in [1.29, 1.82) is 5.26 Å². The number of aryl methyl sites for hydroxylation is 1. The molecule has 0 aliphatic carbocycles. The number of benzene rings is 2.